The Balaban J connectivity index is 0.00000220. The van der Waals surface area contributed by atoms with Gasteiger partial charge in [0.25, 0.3) is 0 Å². The number of hydrogen-bond donors (Lipinski definition) is 1. The maximum absolute atomic E-state index is 13.6. The summed E-state index contributed by atoms with van der Waals surface area (Å²) in [6.07, 6.45) is 0. The number of amides is 1. The molecule has 1 aromatic carbocycles. The van der Waals surface area contributed by atoms with Crippen LogP contribution in [0.3, 0.4) is 0 Å². The van der Waals surface area contributed by atoms with Gasteiger partial charge in [-0.3, -0.25) is 9.69 Å². The zero-order chi connectivity index (χ0) is 14.5. The van der Waals surface area contributed by atoms with Crippen molar-refractivity contribution in [2.24, 2.45) is 0 Å². The van der Waals surface area contributed by atoms with Crippen LogP contribution < -0.4 is 5.32 Å². The molecule has 6 heteroatoms. The van der Waals surface area contributed by atoms with E-state index < -0.39 is 0 Å². The highest BCUT2D eigenvalue weighted by Gasteiger charge is 2.22. The maximum atomic E-state index is 13.6. The fourth-order valence-corrected chi connectivity index (χ4v) is 2.38. The molecule has 0 aliphatic carbocycles. The van der Waals surface area contributed by atoms with Gasteiger partial charge >= 0.3 is 0 Å². The Hall–Kier alpha value is -1.17. The Morgan fingerprint density at radius 1 is 1.48 bits per heavy atom. The third kappa shape index (κ3) is 4.95. The fourth-order valence-electron chi connectivity index (χ4n) is 2.38. The molecule has 1 aliphatic heterocycles. The topological polar surface area (TPSA) is 35.6 Å². The van der Waals surface area contributed by atoms with Gasteiger partial charge in [0.05, 0.1) is 6.54 Å². The van der Waals surface area contributed by atoms with Gasteiger partial charge < -0.3 is 10.2 Å². The smallest absolute Gasteiger partial charge is 0.236 e. The van der Waals surface area contributed by atoms with Crippen LogP contribution >= 0.6 is 12.4 Å². The van der Waals surface area contributed by atoms with E-state index in [0.717, 1.165) is 19.6 Å². The van der Waals surface area contributed by atoms with Crippen LogP contribution in [0.4, 0.5) is 4.39 Å². The van der Waals surface area contributed by atoms with Gasteiger partial charge in [-0.1, -0.05) is 18.2 Å². The quantitative estimate of drug-likeness (QED) is 0.914. The first kappa shape index (κ1) is 17.9. The summed E-state index contributed by atoms with van der Waals surface area (Å²) in [5.41, 5.74) is 0.553. The van der Waals surface area contributed by atoms with E-state index in [1.807, 2.05) is 0 Å². The SMILES string of the molecule is CC1CNCCN1CC(=O)N(C)Cc1ccccc1F.Cl. The van der Waals surface area contributed by atoms with Crippen molar-refractivity contribution in [3.63, 3.8) is 0 Å². The van der Waals surface area contributed by atoms with E-state index >= 15 is 0 Å². The number of benzene rings is 1. The van der Waals surface area contributed by atoms with Crippen LogP contribution in [-0.4, -0.2) is 55.0 Å². The van der Waals surface area contributed by atoms with E-state index in [1.54, 1.807) is 30.1 Å². The predicted octanol–water partition coefficient (Wildman–Crippen LogP) is 1.50. The Kier molecular flexibility index (Phi) is 7.08. The van der Waals surface area contributed by atoms with Crippen LogP contribution in [0.25, 0.3) is 0 Å². The Bertz CT molecular complexity index is 472. The van der Waals surface area contributed by atoms with Crippen LogP contribution in [0.15, 0.2) is 24.3 Å². The standard InChI is InChI=1S/C15H22FN3O.ClH/c1-12-9-17-7-8-19(12)11-15(20)18(2)10-13-5-3-4-6-14(13)16;/h3-6,12,17H,7-11H2,1-2H3;1H. The molecule has 0 bridgehead atoms. The minimum atomic E-state index is -0.261. The zero-order valence-electron chi connectivity index (χ0n) is 12.5. The first-order valence-corrected chi connectivity index (χ1v) is 7.00. The highest BCUT2D eigenvalue weighted by atomic mass is 35.5. The molecule has 0 spiro atoms. The molecule has 1 aromatic rings. The summed E-state index contributed by atoms with van der Waals surface area (Å²) in [4.78, 5) is 16.0. The molecule has 118 valence electrons. The van der Waals surface area contributed by atoms with Gasteiger partial charge in [-0.05, 0) is 13.0 Å². The summed E-state index contributed by atoms with van der Waals surface area (Å²) in [5.74, 6) is -0.232. The highest BCUT2D eigenvalue weighted by molar-refractivity contribution is 5.85. The number of rotatable bonds is 4. The fraction of sp³-hybridized carbons (Fsp3) is 0.533. The minimum Gasteiger partial charge on any atom is -0.340 e. The van der Waals surface area contributed by atoms with Crippen LogP contribution in [0.2, 0.25) is 0 Å². The molecule has 21 heavy (non-hydrogen) atoms. The molecule has 0 radical (unpaired) electrons. The molecule has 1 aliphatic rings. The van der Waals surface area contributed by atoms with E-state index in [4.69, 9.17) is 0 Å². The second-order valence-electron chi connectivity index (χ2n) is 5.36. The predicted molar refractivity (Wildman–Crippen MR) is 84.0 cm³/mol. The molecule has 4 nitrogen and oxygen atoms in total. The second-order valence-corrected chi connectivity index (χ2v) is 5.36. The number of nitrogens with zero attached hydrogens (tertiary/aromatic N) is 2. The molecule has 1 fully saturated rings. The van der Waals surface area contributed by atoms with E-state index in [1.165, 1.54) is 6.07 Å². The van der Waals surface area contributed by atoms with Crippen LogP contribution in [0, 0.1) is 5.82 Å². The van der Waals surface area contributed by atoms with E-state index in [-0.39, 0.29) is 24.1 Å². The van der Waals surface area contributed by atoms with Crippen LogP contribution in [0.5, 0.6) is 0 Å². The Morgan fingerprint density at radius 3 is 2.86 bits per heavy atom. The molecular formula is C15H23ClFN3O. The van der Waals surface area contributed by atoms with Gasteiger partial charge in [0.2, 0.25) is 5.91 Å². The number of carbonyl (C=O) groups is 1. The number of piperazine rings is 1. The van der Waals surface area contributed by atoms with Crippen molar-refractivity contribution in [1.29, 1.82) is 0 Å². The van der Waals surface area contributed by atoms with Gasteiger partial charge in [-0.2, -0.15) is 0 Å². The van der Waals surface area contributed by atoms with Crippen LogP contribution in [-0.2, 0) is 11.3 Å². The summed E-state index contributed by atoms with van der Waals surface area (Å²) in [6, 6.07) is 6.94. The lowest BCUT2D eigenvalue weighted by molar-refractivity contribution is -0.132. The van der Waals surface area contributed by atoms with Crippen molar-refractivity contribution in [2.75, 3.05) is 33.2 Å². The highest BCUT2D eigenvalue weighted by Crippen LogP contribution is 2.10. The van der Waals surface area contributed by atoms with Gasteiger partial charge in [0.1, 0.15) is 5.82 Å². The third-order valence-corrected chi connectivity index (χ3v) is 3.77. The molecule has 1 amide bonds. The number of hydrogen-bond acceptors (Lipinski definition) is 3. The lowest BCUT2D eigenvalue weighted by atomic mass is 10.2. The summed E-state index contributed by atoms with van der Waals surface area (Å²) >= 11 is 0. The minimum absolute atomic E-state index is 0. The molecule has 0 aromatic heterocycles. The van der Waals surface area contributed by atoms with Crippen molar-refractivity contribution in [2.45, 2.75) is 19.5 Å². The van der Waals surface area contributed by atoms with Crippen molar-refractivity contribution in [3.05, 3.63) is 35.6 Å². The van der Waals surface area contributed by atoms with Gasteiger partial charge in [-0.25, -0.2) is 4.39 Å². The molecule has 1 heterocycles. The van der Waals surface area contributed by atoms with E-state index in [2.05, 4.69) is 17.1 Å². The Labute approximate surface area is 131 Å². The monoisotopic (exact) mass is 315 g/mol. The summed E-state index contributed by atoms with van der Waals surface area (Å²) < 4.78 is 13.6. The van der Waals surface area contributed by atoms with Gasteiger partial charge in [0, 0.05) is 44.8 Å². The van der Waals surface area contributed by atoms with Gasteiger partial charge in [0.15, 0.2) is 0 Å². The number of halogens is 2. The average molecular weight is 316 g/mol. The normalized spacial score (nSPS) is 18.9. The Morgan fingerprint density at radius 2 is 2.19 bits per heavy atom. The van der Waals surface area contributed by atoms with E-state index in [9.17, 15) is 9.18 Å². The molecule has 2 rings (SSSR count). The summed E-state index contributed by atoms with van der Waals surface area (Å²) in [5, 5.41) is 3.30. The number of likely N-dealkylation sites (N-methyl/N-ethyl adjacent to an activating group) is 1. The molecular weight excluding hydrogens is 293 g/mol. The average Bonchev–Trinajstić information content (AvgIpc) is 2.43. The summed E-state index contributed by atoms with van der Waals surface area (Å²) in [7, 11) is 1.72. The van der Waals surface area contributed by atoms with E-state index in [0.29, 0.717) is 24.7 Å². The lowest BCUT2D eigenvalue weighted by Gasteiger charge is -2.34. The van der Waals surface area contributed by atoms with Crippen molar-refractivity contribution >= 4 is 18.3 Å². The number of nitrogens with one attached hydrogen (secondary N) is 1. The number of carbonyl (C=O) groups excluding carboxylic acids is 1. The zero-order valence-corrected chi connectivity index (χ0v) is 13.3. The molecule has 1 saturated heterocycles. The maximum Gasteiger partial charge on any atom is 0.236 e. The lowest BCUT2D eigenvalue weighted by Crippen LogP contribution is -2.52. The molecule has 1 atom stereocenters. The third-order valence-electron chi connectivity index (χ3n) is 3.77. The van der Waals surface area contributed by atoms with Crippen molar-refractivity contribution < 1.29 is 9.18 Å². The summed E-state index contributed by atoms with van der Waals surface area (Å²) in [6.45, 7) is 5.51. The van der Waals surface area contributed by atoms with Crippen LogP contribution in [0.1, 0.15) is 12.5 Å². The first-order chi connectivity index (χ1) is 9.58. The molecule has 1 unspecified atom stereocenters. The van der Waals surface area contributed by atoms with Crippen molar-refractivity contribution in [3.8, 4) is 0 Å². The molecule has 1 N–H and O–H groups in total. The first-order valence-electron chi connectivity index (χ1n) is 7.00. The second kappa shape index (κ2) is 8.32. The van der Waals surface area contributed by atoms with Gasteiger partial charge in [-0.15, -0.1) is 12.4 Å². The van der Waals surface area contributed by atoms with Crippen molar-refractivity contribution in [1.82, 2.24) is 15.1 Å². The largest absolute Gasteiger partial charge is 0.340 e. The molecule has 0 saturated carbocycles.